The number of nitrogens with zero attached hydrogens (tertiary/aromatic N) is 2. The molecule has 18 heavy (non-hydrogen) atoms. The summed E-state index contributed by atoms with van der Waals surface area (Å²) in [7, 11) is 0. The van der Waals surface area contributed by atoms with Crippen LogP contribution in [0.2, 0.25) is 0 Å². The number of rotatable bonds is 8. The molecule has 0 radical (unpaired) electrons. The Hall–Kier alpha value is -0.550. The minimum Gasteiger partial charge on any atom is -0.223 e. The zero-order valence-electron chi connectivity index (χ0n) is 12.5. The zero-order chi connectivity index (χ0) is 13.3. The lowest BCUT2D eigenvalue weighted by Gasteiger charge is -2.37. The van der Waals surface area contributed by atoms with E-state index in [9.17, 15) is 5.26 Å². The van der Waals surface area contributed by atoms with Crippen molar-refractivity contribution in [3.8, 4) is 6.19 Å². The molecule has 0 aliphatic carbocycles. The van der Waals surface area contributed by atoms with Crippen LogP contribution in [0.5, 0.6) is 0 Å². The summed E-state index contributed by atoms with van der Waals surface area (Å²) >= 11 is 0. The molecule has 104 valence electrons. The summed E-state index contributed by atoms with van der Waals surface area (Å²) in [5, 5.41) is 9.55. The van der Waals surface area contributed by atoms with Crippen molar-refractivity contribution in [1.29, 1.82) is 5.26 Å². The van der Waals surface area contributed by atoms with Gasteiger partial charge in [0.15, 0.2) is 0 Å². The van der Waals surface area contributed by atoms with Crippen molar-refractivity contribution in [2.75, 3.05) is 19.6 Å². The van der Waals surface area contributed by atoms with Gasteiger partial charge in [0.2, 0.25) is 0 Å². The molecule has 2 atom stereocenters. The molecule has 0 amide bonds. The second kappa shape index (κ2) is 8.53. The summed E-state index contributed by atoms with van der Waals surface area (Å²) in [5.41, 5.74) is 0. The molecule has 1 aliphatic heterocycles. The topological polar surface area (TPSA) is 23.8 Å². The molecule has 0 spiro atoms. The molecule has 0 aromatic carbocycles. The summed E-state index contributed by atoms with van der Waals surface area (Å²) < 4.78 is 0.747. The number of piperidine rings is 1. The SMILES string of the molecule is CCCCCCC[N+]1(C#N)CCCC(CCC)C1. The lowest BCUT2D eigenvalue weighted by Crippen LogP contribution is -2.51. The zero-order valence-corrected chi connectivity index (χ0v) is 12.5. The maximum atomic E-state index is 9.55. The fraction of sp³-hybridized carbons (Fsp3) is 0.938. The molecule has 1 rings (SSSR count). The highest BCUT2D eigenvalue weighted by Crippen LogP contribution is 2.27. The van der Waals surface area contributed by atoms with Crippen molar-refractivity contribution < 1.29 is 4.48 Å². The van der Waals surface area contributed by atoms with Gasteiger partial charge in [0, 0.05) is 5.92 Å². The third-order valence-electron chi connectivity index (χ3n) is 4.40. The summed E-state index contributed by atoms with van der Waals surface area (Å²) in [5.74, 6) is 0.805. The van der Waals surface area contributed by atoms with Gasteiger partial charge in [0.25, 0.3) is 0 Å². The van der Waals surface area contributed by atoms with E-state index in [1.807, 2.05) is 0 Å². The minimum absolute atomic E-state index is 0.747. The number of unbranched alkanes of at least 4 members (excludes halogenated alkanes) is 4. The highest BCUT2D eigenvalue weighted by Gasteiger charge is 2.34. The predicted octanol–water partition coefficient (Wildman–Crippen LogP) is 4.46. The normalized spacial score (nSPS) is 27.9. The number of hydrogen-bond acceptors (Lipinski definition) is 1. The van der Waals surface area contributed by atoms with Crippen LogP contribution in [0, 0.1) is 17.4 Å². The number of quaternary nitrogens is 1. The van der Waals surface area contributed by atoms with Gasteiger partial charge in [-0.1, -0.05) is 39.5 Å². The van der Waals surface area contributed by atoms with Crippen molar-refractivity contribution in [1.82, 2.24) is 0 Å². The largest absolute Gasteiger partial charge is 0.308 e. The van der Waals surface area contributed by atoms with E-state index in [1.165, 1.54) is 57.8 Å². The van der Waals surface area contributed by atoms with Gasteiger partial charge in [0.1, 0.15) is 0 Å². The Morgan fingerprint density at radius 1 is 1.11 bits per heavy atom. The molecule has 0 aromatic heterocycles. The lowest BCUT2D eigenvalue weighted by atomic mass is 9.92. The lowest BCUT2D eigenvalue weighted by molar-refractivity contribution is -0.875. The third-order valence-corrected chi connectivity index (χ3v) is 4.40. The van der Waals surface area contributed by atoms with E-state index in [0.717, 1.165) is 30.0 Å². The molecular formula is C16H31N2+. The average molecular weight is 251 g/mol. The van der Waals surface area contributed by atoms with Crippen LogP contribution in [-0.2, 0) is 0 Å². The molecule has 0 saturated carbocycles. The van der Waals surface area contributed by atoms with Gasteiger partial charge in [-0.3, -0.25) is 0 Å². The minimum atomic E-state index is 0.747. The molecule has 2 nitrogen and oxygen atoms in total. The Balaban J connectivity index is 2.34. The third kappa shape index (κ3) is 4.98. The van der Waals surface area contributed by atoms with Gasteiger partial charge in [-0.25, -0.2) is 4.48 Å². The number of nitriles is 1. The quantitative estimate of drug-likeness (QED) is 0.355. The van der Waals surface area contributed by atoms with E-state index in [0.29, 0.717) is 0 Å². The van der Waals surface area contributed by atoms with E-state index in [2.05, 4.69) is 20.0 Å². The van der Waals surface area contributed by atoms with E-state index in [1.54, 1.807) is 0 Å². The second-order valence-corrected chi connectivity index (χ2v) is 6.09. The van der Waals surface area contributed by atoms with E-state index >= 15 is 0 Å². The summed E-state index contributed by atoms with van der Waals surface area (Å²) in [4.78, 5) is 0. The van der Waals surface area contributed by atoms with Crippen LogP contribution in [0.25, 0.3) is 0 Å². The van der Waals surface area contributed by atoms with Crippen LogP contribution in [-0.4, -0.2) is 24.1 Å². The molecule has 1 saturated heterocycles. The summed E-state index contributed by atoms with van der Waals surface area (Å²) in [6, 6.07) is 0. The first kappa shape index (κ1) is 15.5. The van der Waals surface area contributed by atoms with E-state index in [4.69, 9.17) is 0 Å². The first-order valence-corrected chi connectivity index (χ1v) is 8.03. The average Bonchev–Trinajstić information content (AvgIpc) is 2.39. The maximum absolute atomic E-state index is 9.55. The number of likely N-dealkylation sites (tertiary alicyclic amines) is 1. The molecule has 1 heterocycles. The first-order chi connectivity index (χ1) is 8.76. The van der Waals surface area contributed by atoms with Crippen LogP contribution in [0.1, 0.15) is 71.6 Å². The highest BCUT2D eigenvalue weighted by molar-refractivity contribution is 4.71. The molecule has 1 fully saturated rings. The number of hydrogen-bond donors (Lipinski definition) is 0. The molecule has 0 aromatic rings. The van der Waals surface area contributed by atoms with Crippen LogP contribution >= 0.6 is 0 Å². The van der Waals surface area contributed by atoms with E-state index < -0.39 is 0 Å². The van der Waals surface area contributed by atoms with Crippen molar-refractivity contribution in [3.05, 3.63) is 0 Å². The van der Waals surface area contributed by atoms with Crippen molar-refractivity contribution in [2.24, 2.45) is 5.92 Å². The molecule has 2 unspecified atom stereocenters. The van der Waals surface area contributed by atoms with Gasteiger partial charge in [-0.05, 0) is 32.1 Å². The van der Waals surface area contributed by atoms with E-state index in [-0.39, 0.29) is 0 Å². The van der Waals surface area contributed by atoms with Gasteiger partial charge in [0.05, 0.1) is 19.6 Å². The summed E-state index contributed by atoms with van der Waals surface area (Å²) in [6.45, 7) is 7.84. The predicted molar refractivity (Wildman–Crippen MR) is 76.9 cm³/mol. The van der Waals surface area contributed by atoms with Gasteiger partial charge in [-0.2, -0.15) is 0 Å². The smallest absolute Gasteiger partial charge is 0.223 e. The van der Waals surface area contributed by atoms with Crippen molar-refractivity contribution >= 4 is 0 Å². The van der Waals surface area contributed by atoms with Gasteiger partial charge < -0.3 is 0 Å². The Morgan fingerprint density at radius 3 is 2.56 bits per heavy atom. The van der Waals surface area contributed by atoms with Crippen molar-refractivity contribution in [3.63, 3.8) is 0 Å². The second-order valence-electron chi connectivity index (χ2n) is 6.09. The Kier molecular flexibility index (Phi) is 7.35. The standard InChI is InChI=1S/C16H31N2/c1-3-5-6-7-8-12-18(15-17)13-9-11-16(14-18)10-4-2/h16H,3-14H2,1-2H3/q+1. The van der Waals surface area contributed by atoms with Gasteiger partial charge >= 0.3 is 6.19 Å². The molecule has 2 heteroatoms. The maximum Gasteiger partial charge on any atom is 0.308 e. The van der Waals surface area contributed by atoms with Crippen LogP contribution in [0.15, 0.2) is 0 Å². The fourth-order valence-electron chi connectivity index (χ4n) is 3.37. The highest BCUT2D eigenvalue weighted by atomic mass is 15.3. The Labute approximate surface area is 114 Å². The monoisotopic (exact) mass is 251 g/mol. The van der Waals surface area contributed by atoms with Crippen LogP contribution in [0.3, 0.4) is 0 Å². The molecular weight excluding hydrogens is 220 g/mol. The van der Waals surface area contributed by atoms with Crippen LogP contribution in [0.4, 0.5) is 0 Å². The summed E-state index contributed by atoms with van der Waals surface area (Å²) in [6.07, 6.45) is 14.4. The molecule has 0 N–H and O–H groups in total. The van der Waals surface area contributed by atoms with Gasteiger partial charge in [-0.15, -0.1) is 5.26 Å². The van der Waals surface area contributed by atoms with Crippen molar-refractivity contribution in [2.45, 2.75) is 71.6 Å². The Morgan fingerprint density at radius 2 is 1.89 bits per heavy atom. The van der Waals surface area contributed by atoms with Crippen LogP contribution < -0.4 is 0 Å². The molecule has 0 bridgehead atoms. The first-order valence-electron chi connectivity index (χ1n) is 8.03. The fourth-order valence-corrected chi connectivity index (χ4v) is 3.37. The molecule has 1 aliphatic rings. The Bertz CT molecular complexity index is 254.